The minimum atomic E-state index is -0.747. The average molecular weight is 1020 g/mol. The van der Waals surface area contributed by atoms with Crippen molar-refractivity contribution in [2.24, 2.45) is 5.73 Å². The highest BCUT2D eigenvalue weighted by Gasteiger charge is 2.16. The first kappa shape index (κ1) is 55.3. The van der Waals surface area contributed by atoms with Gasteiger partial charge in [-0.2, -0.15) is 0 Å². The van der Waals surface area contributed by atoms with Gasteiger partial charge in [0.05, 0.1) is 48.7 Å². The van der Waals surface area contributed by atoms with E-state index in [9.17, 15) is 59.1 Å². The van der Waals surface area contributed by atoms with Crippen LogP contribution in [-0.4, -0.2) is 132 Å². The van der Waals surface area contributed by atoms with E-state index in [1.165, 1.54) is 89.9 Å². The van der Waals surface area contributed by atoms with Crippen molar-refractivity contribution in [3.63, 3.8) is 0 Å². The molecule has 0 fully saturated rings. The molecular formula is C44H38B2N16O13. The Bertz CT molecular complexity index is 3840. The van der Waals surface area contributed by atoms with E-state index in [-0.39, 0.29) is 97.9 Å². The molecular weight excluding hydrogens is 982 g/mol. The van der Waals surface area contributed by atoms with Gasteiger partial charge in [-0.1, -0.05) is 19.6 Å². The lowest BCUT2D eigenvalue weighted by Crippen LogP contribution is -2.24. The van der Waals surface area contributed by atoms with Gasteiger partial charge in [0.15, 0.2) is 63.3 Å². The third kappa shape index (κ3) is 12.3. The van der Waals surface area contributed by atoms with Crippen LogP contribution in [-0.2, 0) is 17.7 Å². The van der Waals surface area contributed by atoms with Crippen molar-refractivity contribution in [2.45, 2.75) is 26.8 Å². The Hall–Kier alpha value is -10.6. The van der Waals surface area contributed by atoms with Crippen molar-refractivity contribution < 1.29 is 39.9 Å². The zero-order valence-corrected chi connectivity index (χ0v) is 39.1. The molecule has 31 heteroatoms. The molecule has 0 amide bonds. The summed E-state index contributed by atoms with van der Waals surface area (Å²) >= 11 is 0. The molecule has 0 aliphatic rings. The molecule has 0 aliphatic carbocycles. The SMILES string of the molecule is C=Cc1cnc2c(O)cncn2c1=O.CCOC(=O)c1cnc2c(O)cncn2c1=O.CCc1cnc2c(O)cncn2c1=O.NCc1cnc2c(O)cncn2c1=O.O=Cc1cnc2c(O)cncn2c1=O.[B][B]. The minimum Gasteiger partial charge on any atom is -0.503 e. The summed E-state index contributed by atoms with van der Waals surface area (Å²) in [5, 5.41) is 46.8. The quantitative estimate of drug-likeness (QED) is 0.0652. The molecule has 0 saturated heterocycles. The Labute approximate surface area is 420 Å². The van der Waals surface area contributed by atoms with E-state index in [4.69, 9.17) is 10.5 Å². The predicted octanol–water partition coefficient (Wildman–Crippen LogP) is -1.13. The number of ether oxygens (including phenoxy) is 1. The van der Waals surface area contributed by atoms with Crippen LogP contribution < -0.4 is 33.5 Å². The summed E-state index contributed by atoms with van der Waals surface area (Å²) in [4.78, 5) is 118. The number of aryl methyl sites for hydroxylation is 1. The molecule has 0 atom stereocenters. The van der Waals surface area contributed by atoms with Crippen LogP contribution in [0, 0.1) is 0 Å². The summed E-state index contributed by atoms with van der Waals surface area (Å²) in [5.74, 6) is -1.54. The van der Waals surface area contributed by atoms with Crippen LogP contribution in [0.1, 0.15) is 51.3 Å². The van der Waals surface area contributed by atoms with Crippen LogP contribution in [0.2, 0.25) is 0 Å². The fourth-order valence-corrected chi connectivity index (χ4v) is 6.03. The molecule has 10 heterocycles. The fraction of sp³-hybridized carbons (Fsp3) is 0.114. The molecule has 0 aromatic carbocycles. The van der Waals surface area contributed by atoms with Gasteiger partial charge in [-0.25, -0.2) is 76.6 Å². The Morgan fingerprint density at radius 1 is 0.533 bits per heavy atom. The Morgan fingerprint density at radius 3 is 1.24 bits per heavy atom. The normalized spacial score (nSPS) is 10.2. The molecule has 10 aromatic rings. The second kappa shape index (κ2) is 25.5. The predicted molar refractivity (Wildman–Crippen MR) is 265 cm³/mol. The second-order valence-electron chi connectivity index (χ2n) is 14.2. The molecule has 0 saturated carbocycles. The molecule has 10 rings (SSSR count). The number of rotatable bonds is 6. The zero-order chi connectivity index (χ0) is 54.9. The number of esters is 1. The molecule has 29 nitrogen and oxygen atoms in total. The molecule has 10 aromatic heterocycles. The molecule has 0 aliphatic heterocycles. The number of aromatic nitrogens is 15. The number of aldehydes is 1. The molecule has 0 spiro atoms. The number of nitrogens with zero attached hydrogens (tertiary/aromatic N) is 15. The number of hydrogen-bond donors (Lipinski definition) is 6. The smallest absolute Gasteiger partial charge is 0.345 e. The highest BCUT2D eigenvalue weighted by atomic mass is 16.5. The first-order valence-electron chi connectivity index (χ1n) is 21.1. The number of hydrogen-bond acceptors (Lipinski definition) is 24. The maximum atomic E-state index is 11.9. The van der Waals surface area contributed by atoms with Crippen molar-refractivity contribution in [2.75, 3.05) is 6.61 Å². The van der Waals surface area contributed by atoms with Crippen LogP contribution in [0.5, 0.6) is 28.7 Å². The molecule has 75 heavy (non-hydrogen) atoms. The van der Waals surface area contributed by atoms with Crippen molar-refractivity contribution in [3.8, 4) is 28.7 Å². The summed E-state index contributed by atoms with van der Waals surface area (Å²) in [6, 6.07) is 0. The fourth-order valence-electron chi connectivity index (χ4n) is 6.03. The van der Waals surface area contributed by atoms with Gasteiger partial charge in [-0.05, 0) is 13.3 Å². The minimum absolute atomic E-state index is 0.0399. The third-order valence-electron chi connectivity index (χ3n) is 9.65. The summed E-state index contributed by atoms with van der Waals surface area (Å²) in [5.41, 5.74) is 5.21. The zero-order valence-electron chi connectivity index (χ0n) is 39.1. The van der Waals surface area contributed by atoms with E-state index in [0.29, 0.717) is 29.4 Å². The maximum Gasteiger partial charge on any atom is 0.345 e. The van der Waals surface area contributed by atoms with Crippen molar-refractivity contribution in [1.29, 1.82) is 0 Å². The third-order valence-corrected chi connectivity index (χ3v) is 9.65. The summed E-state index contributed by atoms with van der Waals surface area (Å²) in [7, 11) is 8.00. The Morgan fingerprint density at radius 2 is 0.867 bits per heavy atom. The average Bonchev–Trinajstić information content (AvgIpc) is 3.42. The van der Waals surface area contributed by atoms with E-state index in [1.54, 1.807) is 6.92 Å². The summed E-state index contributed by atoms with van der Waals surface area (Å²) < 4.78 is 10.3. The first-order valence-corrected chi connectivity index (χ1v) is 21.1. The number of fused-ring (bicyclic) bond motifs is 5. The summed E-state index contributed by atoms with van der Waals surface area (Å²) in [6.07, 6.45) is 21.2. The topological polar surface area (TPSA) is 407 Å². The van der Waals surface area contributed by atoms with Crippen LogP contribution in [0.25, 0.3) is 34.3 Å². The first-order chi connectivity index (χ1) is 36.1. The van der Waals surface area contributed by atoms with Gasteiger partial charge in [0.2, 0.25) is 0 Å². The van der Waals surface area contributed by atoms with Gasteiger partial charge in [0.1, 0.15) is 37.2 Å². The summed E-state index contributed by atoms with van der Waals surface area (Å²) in [6.45, 7) is 7.28. The molecule has 0 unspecified atom stereocenters. The molecule has 0 bridgehead atoms. The molecule has 378 valence electrons. The molecule has 7 N–H and O–H groups in total. The number of nitrogens with two attached hydrogens (primary N) is 1. The van der Waals surface area contributed by atoms with Crippen molar-refractivity contribution in [1.82, 2.24) is 71.8 Å². The van der Waals surface area contributed by atoms with Gasteiger partial charge in [0, 0.05) is 64.1 Å². The van der Waals surface area contributed by atoms with Crippen molar-refractivity contribution >= 4 is 62.0 Å². The lowest BCUT2D eigenvalue weighted by Gasteiger charge is -2.04. The van der Waals surface area contributed by atoms with E-state index >= 15 is 0 Å². The highest BCUT2D eigenvalue weighted by Crippen LogP contribution is 2.15. The van der Waals surface area contributed by atoms with Crippen molar-refractivity contribution in [3.05, 3.63) is 180 Å². The lowest BCUT2D eigenvalue weighted by molar-refractivity contribution is 0.0523. The van der Waals surface area contributed by atoms with Gasteiger partial charge >= 0.3 is 5.97 Å². The van der Waals surface area contributed by atoms with Gasteiger partial charge in [-0.15, -0.1) is 0 Å². The molecule has 4 radical (unpaired) electrons. The Balaban J connectivity index is 0.000000172. The monoisotopic (exact) mass is 1020 g/mol. The number of aromatic hydroxyl groups is 5. The Kier molecular flexibility index (Phi) is 18.8. The van der Waals surface area contributed by atoms with E-state index in [0.717, 1.165) is 31.8 Å². The second-order valence-corrected chi connectivity index (χ2v) is 14.2. The number of carbonyl (C=O) groups is 2. The van der Waals surface area contributed by atoms with Crippen LogP contribution in [0.4, 0.5) is 0 Å². The van der Waals surface area contributed by atoms with Gasteiger partial charge in [-0.3, -0.25) is 28.8 Å². The van der Waals surface area contributed by atoms with E-state index in [2.05, 4.69) is 71.9 Å². The maximum absolute atomic E-state index is 11.9. The number of carbonyl (C=O) groups excluding carboxylic acids is 2. The van der Waals surface area contributed by atoms with Gasteiger partial charge < -0.3 is 36.0 Å². The van der Waals surface area contributed by atoms with E-state index in [1.807, 2.05) is 6.92 Å². The lowest BCUT2D eigenvalue weighted by atomic mass is 9.81. The van der Waals surface area contributed by atoms with E-state index < -0.39 is 17.1 Å². The standard InChI is InChI=1S/C10H9N3O4.C9H9N3O2.C9H7N3O2.C8H8N4O2.C8H5N3O3.B2/c1-2-17-10(16)6-3-12-8-7(14)4-11-5-13(8)9(6)15;2*1-2-6-3-11-8-7(13)4-10-5-12(8)9(6)14;9-1-5-2-11-7-6(13)3-10-4-12(7)8(5)14;12-3-5-1-10-7-6(13)2-9-4-11(7)8(5)14;1-2/h3-5,14H,2H2,1H3;3-5,13H,2H2,1H3;2-5,13H,1H2;2-4,13H,1,9H2;1-4,13H;. The van der Waals surface area contributed by atoms with Crippen LogP contribution in [0.15, 0.2) is 124 Å². The largest absolute Gasteiger partial charge is 0.503 e. The highest BCUT2D eigenvalue weighted by molar-refractivity contribution is 6.75. The van der Waals surface area contributed by atoms with Crippen LogP contribution in [0.3, 0.4) is 0 Å². The van der Waals surface area contributed by atoms with Crippen LogP contribution >= 0.6 is 0 Å². The van der Waals surface area contributed by atoms with Gasteiger partial charge in [0.25, 0.3) is 27.8 Å².